The molecule has 1 saturated heterocycles. The molecule has 1 aliphatic rings. The molecule has 1 heterocycles. The number of rotatable bonds is 5. The van der Waals surface area contributed by atoms with E-state index in [1.807, 2.05) is 30.3 Å². The van der Waals surface area contributed by atoms with Crippen molar-refractivity contribution in [2.24, 2.45) is 0 Å². The highest BCUT2D eigenvalue weighted by Crippen LogP contribution is 2.31. The van der Waals surface area contributed by atoms with Crippen LogP contribution in [0.1, 0.15) is 12.8 Å². The second-order valence-electron chi connectivity index (χ2n) is 6.11. The van der Waals surface area contributed by atoms with E-state index in [4.69, 9.17) is 28.6 Å². The number of halogens is 2. The molecular weight excluding hydrogens is 450 g/mol. The molecule has 2 aromatic rings. The highest BCUT2D eigenvalue weighted by Gasteiger charge is 2.15. The summed E-state index contributed by atoms with van der Waals surface area (Å²) in [6.07, 6.45) is 2.38. The number of nitrogens with zero attached hydrogens (tertiary/aromatic N) is 1. The van der Waals surface area contributed by atoms with Crippen LogP contribution < -0.4 is 20.3 Å². The van der Waals surface area contributed by atoms with Gasteiger partial charge in [-0.05, 0) is 67.5 Å². The van der Waals surface area contributed by atoms with Gasteiger partial charge in [0.25, 0.3) is 5.91 Å². The van der Waals surface area contributed by atoms with Crippen LogP contribution in [0.15, 0.2) is 46.9 Å². The van der Waals surface area contributed by atoms with Crippen molar-refractivity contribution >= 4 is 62.1 Å². The molecule has 1 fully saturated rings. The lowest BCUT2D eigenvalue weighted by Crippen LogP contribution is -2.37. The Bertz CT molecular complexity index is 826. The Morgan fingerprint density at radius 1 is 1.19 bits per heavy atom. The topological polar surface area (TPSA) is 53.6 Å². The van der Waals surface area contributed by atoms with Gasteiger partial charge in [-0.25, -0.2) is 0 Å². The average Bonchev–Trinajstić information content (AvgIpc) is 3.15. The van der Waals surface area contributed by atoms with Crippen LogP contribution in [-0.4, -0.2) is 30.7 Å². The summed E-state index contributed by atoms with van der Waals surface area (Å²) in [5.74, 6) is 0.270. The number of hydrogen-bond donors (Lipinski definition) is 2. The monoisotopic (exact) mass is 467 g/mol. The lowest BCUT2D eigenvalue weighted by Gasteiger charge is -2.20. The number of ether oxygens (including phenoxy) is 1. The van der Waals surface area contributed by atoms with E-state index < -0.39 is 0 Å². The van der Waals surface area contributed by atoms with Gasteiger partial charge in [0, 0.05) is 23.2 Å². The number of carbonyl (C=O) groups excluding carboxylic acids is 1. The first kappa shape index (κ1) is 19.9. The first-order valence-electron chi connectivity index (χ1n) is 8.55. The van der Waals surface area contributed by atoms with Crippen LogP contribution in [0.2, 0.25) is 5.02 Å². The molecule has 2 N–H and O–H groups in total. The fourth-order valence-electron chi connectivity index (χ4n) is 2.80. The molecule has 0 aromatic heterocycles. The van der Waals surface area contributed by atoms with Crippen molar-refractivity contribution in [1.29, 1.82) is 0 Å². The summed E-state index contributed by atoms with van der Waals surface area (Å²) < 4.78 is 6.36. The molecule has 0 aliphatic carbocycles. The Kier molecular flexibility index (Phi) is 6.93. The first-order valence-corrected chi connectivity index (χ1v) is 10.1. The molecule has 0 atom stereocenters. The molecule has 142 valence electrons. The molecule has 8 heteroatoms. The van der Waals surface area contributed by atoms with Gasteiger partial charge in [-0.3, -0.25) is 10.1 Å². The normalized spacial score (nSPS) is 13.3. The van der Waals surface area contributed by atoms with Crippen LogP contribution in [0.4, 0.5) is 11.4 Å². The second kappa shape index (κ2) is 9.39. The van der Waals surface area contributed by atoms with Crippen LogP contribution in [-0.2, 0) is 4.79 Å². The summed E-state index contributed by atoms with van der Waals surface area (Å²) in [5.41, 5.74) is 1.75. The molecule has 1 amide bonds. The number of carbonyl (C=O) groups is 1. The fourth-order valence-corrected chi connectivity index (χ4v) is 3.60. The van der Waals surface area contributed by atoms with Gasteiger partial charge in [0.15, 0.2) is 11.7 Å². The van der Waals surface area contributed by atoms with Crippen LogP contribution in [0.25, 0.3) is 0 Å². The minimum atomic E-state index is -0.338. The lowest BCUT2D eigenvalue weighted by atomic mass is 10.2. The molecule has 0 radical (unpaired) electrons. The minimum Gasteiger partial charge on any atom is -0.484 e. The SMILES string of the molecule is O=C(COc1ccc(Br)cc1)NC(=S)Nc1ccc(N2CCCC2)c(Cl)c1. The van der Waals surface area contributed by atoms with Crippen LogP contribution in [0.3, 0.4) is 0 Å². The van der Waals surface area contributed by atoms with Gasteiger partial charge in [0.05, 0.1) is 10.7 Å². The van der Waals surface area contributed by atoms with Gasteiger partial charge in [0.2, 0.25) is 0 Å². The summed E-state index contributed by atoms with van der Waals surface area (Å²) in [4.78, 5) is 14.2. The molecule has 0 saturated carbocycles. The number of anilines is 2. The van der Waals surface area contributed by atoms with Crippen molar-refractivity contribution in [3.8, 4) is 5.75 Å². The van der Waals surface area contributed by atoms with Gasteiger partial charge >= 0.3 is 0 Å². The maximum absolute atomic E-state index is 12.0. The van der Waals surface area contributed by atoms with E-state index in [0.29, 0.717) is 10.8 Å². The number of amides is 1. The number of nitrogens with one attached hydrogen (secondary N) is 2. The van der Waals surface area contributed by atoms with E-state index in [2.05, 4.69) is 31.5 Å². The first-order chi connectivity index (χ1) is 13.0. The van der Waals surface area contributed by atoms with Crippen molar-refractivity contribution in [2.75, 3.05) is 29.9 Å². The van der Waals surface area contributed by atoms with E-state index in [1.54, 1.807) is 12.1 Å². The van der Waals surface area contributed by atoms with Crippen molar-refractivity contribution < 1.29 is 9.53 Å². The number of benzene rings is 2. The van der Waals surface area contributed by atoms with Crippen molar-refractivity contribution in [3.05, 3.63) is 52.0 Å². The van der Waals surface area contributed by atoms with Crippen molar-refractivity contribution in [1.82, 2.24) is 5.32 Å². The summed E-state index contributed by atoms with van der Waals surface area (Å²) in [6, 6.07) is 12.9. The lowest BCUT2D eigenvalue weighted by molar-refractivity contribution is -0.121. The maximum atomic E-state index is 12.0. The van der Waals surface area contributed by atoms with E-state index >= 15 is 0 Å². The quantitative estimate of drug-likeness (QED) is 0.628. The Morgan fingerprint density at radius 2 is 1.89 bits per heavy atom. The Hall–Kier alpha value is -1.83. The highest BCUT2D eigenvalue weighted by atomic mass is 79.9. The third-order valence-electron chi connectivity index (χ3n) is 4.09. The summed E-state index contributed by atoms with van der Waals surface area (Å²) in [6.45, 7) is 1.93. The number of thiocarbonyl (C=S) groups is 1. The third-order valence-corrected chi connectivity index (χ3v) is 5.12. The fraction of sp³-hybridized carbons (Fsp3) is 0.263. The largest absolute Gasteiger partial charge is 0.484 e. The maximum Gasteiger partial charge on any atom is 0.264 e. The summed E-state index contributed by atoms with van der Waals surface area (Å²) in [5, 5.41) is 6.42. The zero-order valence-electron chi connectivity index (χ0n) is 14.5. The minimum absolute atomic E-state index is 0.127. The molecule has 0 spiro atoms. The van der Waals surface area contributed by atoms with Gasteiger partial charge in [-0.15, -0.1) is 0 Å². The molecule has 0 unspecified atom stereocenters. The molecule has 1 aliphatic heterocycles. The zero-order valence-corrected chi connectivity index (χ0v) is 17.7. The predicted octanol–water partition coefficient (Wildman–Crippen LogP) is 4.59. The number of hydrogen-bond acceptors (Lipinski definition) is 4. The molecule has 27 heavy (non-hydrogen) atoms. The van der Waals surface area contributed by atoms with Crippen LogP contribution in [0, 0.1) is 0 Å². The second-order valence-corrected chi connectivity index (χ2v) is 7.84. The van der Waals surface area contributed by atoms with Gasteiger partial charge in [0.1, 0.15) is 5.75 Å². The zero-order chi connectivity index (χ0) is 19.2. The van der Waals surface area contributed by atoms with E-state index in [9.17, 15) is 4.79 Å². The Labute approximate surface area is 177 Å². The van der Waals surface area contributed by atoms with E-state index in [-0.39, 0.29) is 17.6 Å². The van der Waals surface area contributed by atoms with E-state index in [1.165, 1.54) is 12.8 Å². The van der Waals surface area contributed by atoms with Gasteiger partial charge in [-0.1, -0.05) is 27.5 Å². The highest BCUT2D eigenvalue weighted by molar-refractivity contribution is 9.10. The van der Waals surface area contributed by atoms with E-state index in [0.717, 1.165) is 28.9 Å². The standard InChI is InChI=1S/C19H19BrClN3O2S/c20-13-3-6-15(7-4-13)26-12-18(25)23-19(27)22-14-5-8-17(16(21)11-14)24-9-1-2-10-24/h3-8,11H,1-2,9-10,12H2,(H2,22,23,25,27). The summed E-state index contributed by atoms with van der Waals surface area (Å²) >= 11 is 14.9. The Morgan fingerprint density at radius 3 is 2.56 bits per heavy atom. The van der Waals surface area contributed by atoms with Gasteiger partial charge in [-0.2, -0.15) is 0 Å². The van der Waals surface area contributed by atoms with Crippen molar-refractivity contribution in [2.45, 2.75) is 12.8 Å². The Balaban J connectivity index is 1.48. The van der Waals surface area contributed by atoms with Gasteiger partial charge < -0.3 is 15.0 Å². The molecular formula is C19H19BrClN3O2S. The summed E-state index contributed by atoms with van der Waals surface area (Å²) in [7, 11) is 0. The molecule has 5 nitrogen and oxygen atoms in total. The molecule has 3 rings (SSSR count). The van der Waals surface area contributed by atoms with Crippen molar-refractivity contribution in [3.63, 3.8) is 0 Å². The molecule has 2 aromatic carbocycles. The van der Waals surface area contributed by atoms with Crippen LogP contribution >= 0.6 is 39.7 Å². The smallest absolute Gasteiger partial charge is 0.264 e. The predicted molar refractivity (Wildman–Crippen MR) is 117 cm³/mol. The average molecular weight is 469 g/mol. The third kappa shape index (κ3) is 5.82. The molecule has 0 bridgehead atoms. The van der Waals surface area contributed by atoms with Crippen LogP contribution in [0.5, 0.6) is 5.75 Å².